The molecule has 5 nitrogen and oxygen atoms in total. The predicted octanol–water partition coefficient (Wildman–Crippen LogP) is 3.00. The van der Waals surface area contributed by atoms with Crippen LogP contribution in [0.15, 0.2) is 0 Å². The highest BCUT2D eigenvalue weighted by molar-refractivity contribution is 5.67. The van der Waals surface area contributed by atoms with Gasteiger partial charge in [0.05, 0.1) is 18.3 Å². The molecule has 0 aliphatic heterocycles. The standard InChI is InChI=1S/C27H46O5/c1-6-17-20-12-16(28)9-10-26(20,4)21-13-22(29)27(5)18(14(2)11-15(3)25(31)32)7-8-19(27)23(21)24(17)30/h14-24,28-30H,6-13H2,1-5H3,(H,31,32)/p-1/t14-,15+,16-,17-,18-,19+,20+,21+,22+,23+,24-,26+,27-/m1/s1. The fraction of sp³-hybridized carbons (Fsp3) is 0.963. The van der Waals surface area contributed by atoms with Gasteiger partial charge in [-0.2, -0.15) is 0 Å². The van der Waals surface area contributed by atoms with Gasteiger partial charge in [-0.05, 0) is 103 Å². The van der Waals surface area contributed by atoms with Crippen molar-refractivity contribution >= 4 is 5.97 Å². The van der Waals surface area contributed by atoms with Gasteiger partial charge >= 0.3 is 0 Å². The fourth-order valence-electron chi connectivity index (χ4n) is 9.71. The lowest BCUT2D eigenvalue weighted by Crippen LogP contribution is -2.65. The van der Waals surface area contributed by atoms with Crippen molar-refractivity contribution < 1.29 is 25.2 Å². The second-order valence-corrected chi connectivity index (χ2v) is 12.6. The molecule has 0 spiro atoms. The molecule has 184 valence electrons. The van der Waals surface area contributed by atoms with Gasteiger partial charge in [0.25, 0.3) is 0 Å². The maximum absolute atomic E-state index is 11.7. The van der Waals surface area contributed by atoms with E-state index in [0.29, 0.717) is 18.8 Å². The first-order chi connectivity index (χ1) is 15.0. The van der Waals surface area contributed by atoms with E-state index in [0.717, 1.165) is 38.5 Å². The quantitative estimate of drug-likeness (QED) is 0.599. The minimum Gasteiger partial charge on any atom is -0.550 e. The third kappa shape index (κ3) is 3.48. The zero-order valence-corrected chi connectivity index (χ0v) is 20.7. The lowest BCUT2D eigenvalue weighted by molar-refractivity contribution is -0.311. The van der Waals surface area contributed by atoms with Gasteiger partial charge in [-0.15, -0.1) is 0 Å². The molecule has 4 fully saturated rings. The number of hydrogen-bond donors (Lipinski definition) is 3. The molecule has 0 amide bonds. The number of carbonyl (C=O) groups excluding carboxylic acids is 1. The maximum atomic E-state index is 11.7. The molecule has 0 radical (unpaired) electrons. The summed E-state index contributed by atoms with van der Waals surface area (Å²) in [4.78, 5) is 11.4. The summed E-state index contributed by atoms with van der Waals surface area (Å²) >= 11 is 0. The molecule has 4 rings (SSSR count). The number of carboxylic acids is 1. The van der Waals surface area contributed by atoms with Crippen LogP contribution >= 0.6 is 0 Å². The molecular weight excluding hydrogens is 404 g/mol. The zero-order valence-electron chi connectivity index (χ0n) is 20.7. The normalized spacial score (nSPS) is 52.4. The van der Waals surface area contributed by atoms with Crippen molar-refractivity contribution in [3.05, 3.63) is 0 Å². The van der Waals surface area contributed by atoms with Crippen LogP contribution in [-0.2, 0) is 4.79 Å². The Balaban J connectivity index is 1.66. The van der Waals surface area contributed by atoms with Crippen LogP contribution < -0.4 is 5.11 Å². The molecule has 0 aromatic heterocycles. The second kappa shape index (κ2) is 8.53. The third-order valence-corrected chi connectivity index (χ3v) is 11.4. The summed E-state index contributed by atoms with van der Waals surface area (Å²) in [6.07, 6.45) is 5.68. The van der Waals surface area contributed by atoms with Gasteiger partial charge in [0.1, 0.15) is 0 Å². The largest absolute Gasteiger partial charge is 0.550 e. The van der Waals surface area contributed by atoms with E-state index in [1.54, 1.807) is 6.92 Å². The molecule has 0 aromatic rings. The lowest BCUT2D eigenvalue weighted by Gasteiger charge is -2.65. The number of aliphatic hydroxyl groups excluding tert-OH is 3. The third-order valence-electron chi connectivity index (χ3n) is 11.4. The first-order valence-corrected chi connectivity index (χ1v) is 13.2. The number of aliphatic carboxylic acids is 1. The van der Waals surface area contributed by atoms with Crippen molar-refractivity contribution in [2.45, 2.75) is 104 Å². The van der Waals surface area contributed by atoms with Gasteiger partial charge in [0.15, 0.2) is 0 Å². The zero-order chi connectivity index (χ0) is 23.6. The summed E-state index contributed by atoms with van der Waals surface area (Å²) in [6.45, 7) is 10.6. The summed E-state index contributed by atoms with van der Waals surface area (Å²) < 4.78 is 0. The number of aliphatic hydroxyl groups is 3. The summed E-state index contributed by atoms with van der Waals surface area (Å²) in [6, 6.07) is 0. The van der Waals surface area contributed by atoms with Gasteiger partial charge in [0, 0.05) is 5.97 Å². The van der Waals surface area contributed by atoms with E-state index in [9.17, 15) is 25.2 Å². The Bertz CT molecular complexity index is 710. The molecule has 3 N–H and O–H groups in total. The van der Waals surface area contributed by atoms with Crippen LogP contribution in [0.5, 0.6) is 0 Å². The summed E-state index contributed by atoms with van der Waals surface area (Å²) in [5, 5.41) is 45.2. The molecule has 13 atom stereocenters. The minimum atomic E-state index is -0.993. The number of hydrogen-bond acceptors (Lipinski definition) is 5. The van der Waals surface area contributed by atoms with Crippen molar-refractivity contribution in [2.75, 3.05) is 0 Å². The second-order valence-electron chi connectivity index (χ2n) is 12.6. The summed E-state index contributed by atoms with van der Waals surface area (Å²) in [5.41, 5.74) is -0.234. The van der Waals surface area contributed by atoms with Crippen molar-refractivity contribution in [1.82, 2.24) is 0 Å². The minimum absolute atomic E-state index is 0.0549. The van der Waals surface area contributed by atoms with E-state index in [1.165, 1.54) is 0 Å². The number of carbonyl (C=O) groups is 1. The van der Waals surface area contributed by atoms with Crippen molar-refractivity contribution in [2.24, 2.45) is 58.2 Å². The lowest BCUT2D eigenvalue weighted by atomic mass is 9.41. The van der Waals surface area contributed by atoms with Crippen molar-refractivity contribution in [3.8, 4) is 0 Å². The highest BCUT2D eigenvalue weighted by Crippen LogP contribution is 2.69. The Morgan fingerprint density at radius 3 is 2.34 bits per heavy atom. The number of carboxylic acid groups (broad SMARTS) is 1. The molecule has 0 heterocycles. The molecule has 0 saturated heterocycles. The number of fused-ring (bicyclic) bond motifs is 5. The SMILES string of the molecule is CC[C@H]1[C@@H](O)[C@@H]2[C@H](C[C@H](O)[C@]3(C)[C@@H]([C@H](C)C[C@H](C)C(=O)[O-])CC[C@@H]23)[C@@]2(C)CC[C@@H](O)C[C@@H]12. The highest BCUT2D eigenvalue weighted by atomic mass is 16.4. The Hall–Kier alpha value is -0.650. The van der Waals surface area contributed by atoms with Gasteiger partial charge in [-0.1, -0.05) is 41.0 Å². The van der Waals surface area contributed by atoms with E-state index in [2.05, 4.69) is 27.7 Å². The molecule has 0 bridgehead atoms. The van der Waals surface area contributed by atoms with Gasteiger partial charge in [-0.3, -0.25) is 0 Å². The Labute approximate surface area is 194 Å². The van der Waals surface area contributed by atoms with Crippen LogP contribution in [-0.4, -0.2) is 39.6 Å². The smallest absolute Gasteiger partial charge is 0.0605 e. The molecular formula is C27H45O5-. The summed E-state index contributed by atoms with van der Waals surface area (Å²) in [5.74, 6) is 0.204. The van der Waals surface area contributed by atoms with Gasteiger partial charge in [-0.25, -0.2) is 0 Å². The van der Waals surface area contributed by atoms with Gasteiger partial charge in [0.2, 0.25) is 0 Å². The molecule has 4 aliphatic rings. The average molecular weight is 450 g/mol. The highest BCUT2D eigenvalue weighted by Gasteiger charge is 2.67. The van der Waals surface area contributed by atoms with Crippen molar-refractivity contribution in [1.29, 1.82) is 0 Å². The molecule has 5 heteroatoms. The molecule has 4 aliphatic carbocycles. The van der Waals surface area contributed by atoms with E-state index >= 15 is 0 Å². The van der Waals surface area contributed by atoms with Crippen LogP contribution in [0.1, 0.15) is 86.0 Å². The van der Waals surface area contributed by atoms with E-state index in [-0.39, 0.29) is 58.5 Å². The van der Waals surface area contributed by atoms with E-state index in [4.69, 9.17) is 0 Å². The first kappa shape index (κ1) is 24.5. The van der Waals surface area contributed by atoms with Crippen LogP contribution in [0, 0.1) is 58.2 Å². The Morgan fingerprint density at radius 1 is 1.03 bits per heavy atom. The molecule has 0 unspecified atom stereocenters. The Morgan fingerprint density at radius 2 is 1.72 bits per heavy atom. The molecule has 0 aromatic carbocycles. The summed E-state index contributed by atoms with van der Waals surface area (Å²) in [7, 11) is 0. The van der Waals surface area contributed by atoms with E-state index in [1.807, 2.05) is 0 Å². The van der Waals surface area contributed by atoms with Crippen LogP contribution in [0.25, 0.3) is 0 Å². The molecule has 32 heavy (non-hydrogen) atoms. The fourth-order valence-corrected chi connectivity index (χ4v) is 9.71. The van der Waals surface area contributed by atoms with Crippen molar-refractivity contribution in [3.63, 3.8) is 0 Å². The first-order valence-electron chi connectivity index (χ1n) is 13.2. The topological polar surface area (TPSA) is 101 Å². The average Bonchev–Trinajstić information content (AvgIpc) is 3.09. The number of rotatable bonds is 5. The van der Waals surface area contributed by atoms with Crippen LogP contribution in [0.2, 0.25) is 0 Å². The van der Waals surface area contributed by atoms with Gasteiger partial charge < -0.3 is 25.2 Å². The Kier molecular flexibility index (Phi) is 6.53. The molecule has 4 saturated carbocycles. The monoisotopic (exact) mass is 449 g/mol. The maximum Gasteiger partial charge on any atom is 0.0605 e. The van der Waals surface area contributed by atoms with E-state index < -0.39 is 18.0 Å². The van der Waals surface area contributed by atoms with Crippen LogP contribution in [0.4, 0.5) is 0 Å². The predicted molar refractivity (Wildman–Crippen MR) is 121 cm³/mol. The van der Waals surface area contributed by atoms with Crippen LogP contribution in [0.3, 0.4) is 0 Å².